The standard InChI is InChI=1S/C22H30N6O2/c1-14-6-5-7-27(13-14)20(21-24-25-26-28(21)8-9-30-4)18-12-17-16(3)10-15(2)11-19(17)23-22(18)29/h10-12,14,20H,5-9,13H2,1-4H3,(H,23,29)/t14-,20-/m0/s1. The predicted molar refractivity (Wildman–Crippen MR) is 116 cm³/mol. The topological polar surface area (TPSA) is 88.9 Å². The molecule has 1 N–H and O–H groups in total. The number of hydrogen-bond donors (Lipinski definition) is 1. The van der Waals surface area contributed by atoms with Crippen LogP contribution in [0.5, 0.6) is 0 Å². The van der Waals surface area contributed by atoms with Crippen LogP contribution < -0.4 is 5.56 Å². The van der Waals surface area contributed by atoms with Crippen molar-refractivity contribution in [3.05, 3.63) is 51.1 Å². The molecule has 2 aromatic heterocycles. The molecule has 4 rings (SSSR count). The van der Waals surface area contributed by atoms with E-state index in [1.54, 1.807) is 11.8 Å². The normalized spacial score (nSPS) is 18.7. The number of H-pyrrole nitrogens is 1. The fraction of sp³-hybridized carbons (Fsp3) is 0.545. The maximum atomic E-state index is 13.3. The second-order valence-electron chi connectivity index (χ2n) is 8.49. The van der Waals surface area contributed by atoms with Crippen molar-refractivity contribution in [1.82, 2.24) is 30.1 Å². The number of fused-ring (bicyclic) bond motifs is 1. The molecule has 0 aliphatic carbocycles. The molecule has 3 heterocycles. The largest absolute Gasteiger partial charge is 0.383 e. The summed E-state index contributed by atoms with van der Waals surface area (Å²) in [6.45, 7) is 9.26. The molecule has 0 unspecified atom stereocenters. The van der Waals surface area contributed by atoms with Crippen molar-refractivity contribution >= 4 is 10.9 Å². The smallest absolute Gasteiger partial charge is 0.253 e. The van der Waals surface area contributed by atoms with E-state index in [-0.39, 0.29) is 11.6 Å². The minimum Gasteiger partial charge on any atom is -0.383 e. The number of nitrogens with one attached hydrogen (secondary N) is 1. The van der Waals surface area contributed by atoms with Crippen molar-refractivity contribution in [2.75, 3.05) is 26.8 Å². The van der Waals surface area contributed by atoms with Crippen LogP contribution in [0.1, 0.15) is 48.3 Å². The van der Waals surface area contributed by atoms with Gasteiger partial charge in [0.1, 0.15) is 6.04 Å². The zero-order valence-electron chi connectivity index (χ0n) is 18.2. The second-order valence-corrected chi connectivity index (χ2v) is 8.49. The number of likely N-dealkylation sites (tertiary alicyclic amines) is 1. The molecule has 30 heavy (non-hydrogen) atoms. The van der Waals surface area contributed by atoms with Gasteiger partial charge in [0.15, 0.2) is 5.82 Å². The summed E-state index contributed by atoms with van der Waals surface area (Å²) < 4.78 is 6.99. The Morgan fingerprint density at radius 3 is 2.90 bits per heavy atom. The van der Waals surface area contributed by atoms with E-state index in [2.05, 4.69) is 45.3 Å². The third-order valence-corrected chi connectivity index (χ3v) is 6.00. The van der Waals surface area contributed by atoms with Crippen LogP contribution in [0.3, 0.4) is 0 Å². The van der Waals surface area contributed by atoms with Crippen LogP contribution in [0.25, 0.3) is 10.9 Å². The summed E-state index contributed by atoms with van der Waals surface area (Å²) >= 11 is 0. The zero-order valence-corrected chi connectivity index (χ0v) is 18.2. The lowest BCUT2D eigenvalue weighted by atomic mass is 9.95. The summed E-state index contributed by atoms with van der Waals surface area (Å²) in [6, 6.07) is 5.90. The molecule has 1 aromatic carbocycles. The molecule has 0 saturated carbocycles. The first-order chi connectivity index (χ1) is 14.5. The Balaban J connectivity index is 1.87. The van der Waals surface area contributed by atoms with E-state index in [0.717, 1.165) is 41.5 Å². The summed E-state index contributed by atoms with van der Waals surface area (Å²) in [5.41, 5.74) is 3.75. The summed E-state index contributed by atoms with van der Waals surface area (Å²) in [4.78, 5) is 18.7. The van der Waals surface area contributed by atoms with E-state index in [0.29, 0.717) is 30.5 Å². The van der Waals surface area contributed by atoms with E-state index in [4.69, 9.17) is 4.74 Å². The highest BCUT2D eigenvalue weighted by atomic mass is 16.5. The van der Waals surface area contributed by atoms with Crippen LogP contribution >= 0.6 is 0 Å². The number of tetrazole rings is 1. The molecule has 8 heteroatoms. The molecule has 0 amide bonds. The molecule has 0 spiro atoms. The van der Waals surface area contributed by atoms with Gasteiger partial charge in [-0.2, -0.15) is 0 Å². The van der Waals surface area contributed by atoms with Gasteiger partial charge in [-0.15, -0.1) is 5.10 Å². The highest BCUT2D eigenvalue weighted by Crippen LogP contribution is 2.31. The summed E-state index contributed by atoms with van der Waals surface area (Å²) in [5.74, 6) is 1.25. The van der Waals surface area contributed by atoms with E-state index < -0.39 is 0 Å². The Morgan fingerprint density at radius 1 is 1.30 bits per heavy atom. The Hall–Kier alpha value is -2.58. The number of hydrogen-bond acceptors (Lipinski definition) is 6. The maximum absolute atomic E-state index is 13.3. The Labute approximate surface area is 176 Å². The summed E-state index contributed by atoms with van der Waals surface area (Å²) in [7, 11) is 1.66. The second kappa shape index (κ2) is 8.65. The number of aromatic amines is 1. The van der Waals surface area contributed by atoms with Gasteiger partial charge >= 0.3 is 0 Å². The summed E-state index contributed by atoms with van der Waals surface area (Å²) in [6.07, 6.45) is 2.30. The lowest BCUT2D eigenvalue weighted by Crippen LogP contribution is -2.41. The van der Waals surface area contributed by atoms with Crippen molar-refractivity contribution in [2.45, 2.75) is 46.2 Å². The number of benzene rings is 1. The quantitative estimate of drug-likeness (QED) is 0.672. The molecular weight excluding hydrogens is 380 g/mol. The average molecular weight is 411 g/mol. The van der Waals surface area contributed by atoms with Crippen LogP contribution in [0.4, 0.5) is 0 Å². The van der Waals surface area contributed by atoms with E-state index in [1.807, 2.05) is 19.1 Å². The molecule has 8 nitrogen and oxygen atoms in total. The van der Waals surface area contributed by atoms with E-state index in [1.165, 1.54) is 6.42 Å². The fourth-order valence-electron chi connectivity index (χ4n) is 4.60. The molecular formula is C22H30N6O2. The van der Waals surface area contributed by atoms with Gasteiger partial charge in [0.05, 0.1) is 13.2 Å². The van der Waals surface area contributed by atoms with Crippen LogP contribution in [0.2, 0.25) is 0 Å². The van der Waals surface area contributed by atoms with Crippen molar-refractivity contribution in [2.24, 2.45) is 5.92 Å². The van der Waals surface area contributed by atoms with Gasteiger partial charge in [-0.1, -0.05) is 13.0 Å². The predicted octanol–water partition coefficient (Wildman–Crippen LogP) is 2.60. The molecule has 3 aromatic rings. The zero-order chi connectivity index (χ0) is 21.3. The number of rotatable bonds is 6. The molecule has 1 fully saturated rings. The first-order valence-electron chi connectivity index (χ1n) is 10.6. The third-order valence-electron chi connectivity index (χ3n) is 6.00. The molecule has 1 aliphatic rings. The molecule has 160 valence electrons. The van der Waals surface area contributed by atoms with Crippen molar-refractivity contribution in [3.63, 3.8) is 0 Å². The van der Waals surface area contributed by atoms with E-state index >= 15 is 0 Å². The number of ether oxygens (including phenoxy) is 1. The lowest BCUT2D eigenvalue weighted by molar-refractivity contribution is 0.137. The molecule has 1 aliphatic heterocycles. The molecule has 1 saturated heterocycles. The number of methoxy groups -OCH3 is 1. The Morgan fingerprint density at radius 2 is 2.13 bits per heavy atom. The monoisotopic (exact) mass is 410 g/mol. The molecule has 0 bridgehead atoms. The number of piperidine rings is 1. The SMILES string of the molecule is COCCn1nnnc1[C@H](c1cc2c(C)cc(C)cc2[nH]c1=O)N1CCC[C@H](C)C1. The molecule has 0 radical (unpaired) electrons. The number of aromatic nitrogens is 5. The van der Waals surface area contributed by atoms with Gasteiger partial charge < -0.3 is 9.72 Å². The first kappa shape index (κ1) is 20.7. The third kappa shape index (κ3) is 4.02. The minimum atomic E-state index is -0.298. The molecule has 2 atom stereocenters. The lowest BCUT2D eigenvalue weighted by Gasteiger charge is -2.36. The van der Waals surface area contributed by atoms with Crippen LogP contribution in [-0.4, -0.2) is 56.9 Å². The average Bonchev–Trinajstić information content (AvgIpc) is 3.15. The maximum Gasteiger partial charge on any atom is 0.253 e. The minimum absolute atomic E-state index is 0.0861. The van der Waals surface area contributed by atoms with Crippen LogP contribution in [0, 0.1) is 19.8 Å². The number of pyridine rings is 1. The van der Waals surface area contributed by atoms with E-state index in [9.17, 15) is 4.79 Å². The number of aryl methyl sites for hydroxylation is 2. The van der Waals surface area contributed by atoms with Crippen molar-refractivity contribution in [1.29, 1.82) is 0 Å². The number of nitrogens with zero attached hydrogens (tertiary/aromatic N) is 5. The first-order valence-corrected chi connectivity index (χ1v) is 10.6. The van der Waals surface area contributed by atoms with Gasteiger partial charge in [-0.05, 0) is 72.8 Å². The Bertz CT molecular complexity index is 1090. The van der Waals surface area contributed by atoms with Gasteiger partial charge in [0.25, 0.3) is 5.56 Å². The van der Waals surface area contributed by atoms with Gasteiger partial charge in [-0.3, -0.25) is 9.69 Å². The van der Waals surface area contributed by atoms with Gasteiger partial charge in [0.2, 0.25) is 0 Å². The highest BCUT2D eigenvalue weighted by Gasteiger charge is 2.32. The highest BCUT2D eigenvalue weighted by molar-refractivity contribution is 5.83. The fourth-order valence-corrected chi connectivity index (χ4v) is 4.60. The Kier molecular flexibility index (Phi) is 5.97. The van der Waals surface area contributed by atoms with Crippen LogP contribution in [0.15, 0.2) is 23.0 Å². The summed E-state index contributed by atoms with van der Waals surface area (Å²) in [5, 5.41) is 13.5. The van der Waals surface area contributed by atoms with Crippen molar-refractivity contribution in [3.8, 4) is 0 Å². The van der Waals surface area contributed by atoms with Gasteiger partial charge in [-0.25, -0.2) is 4.68 Å². The van der Waals surface area contributed by atoms with Crippen LogP contribution in [-0.2, 0) is 11.3 Å². The van der Waals surface area contributed by atoms with Gasteiger partial charge in [0, 0.05) is 30.1 Å². The van der Waals surface area contributed by atoms with Crippen molar-refractivity contribution < 1.29 is 4.74 Å².